The Kier molecular flexibility index (Phi) is 4.48. The highest BCUT2D eigenvalue weighted by atomic mass is 32.1. The van der Waals surface area contributed by atoms with Crippen LogP contribution in [0.15, 0.2) is 5.38 Å². The lowest BCUT2D eigenvalue weighted by molar-refractivity contribution is 0.286. The minimum absolute atomic E-state index is 0.281. The van der Waals surface area contributed by atoms with Gasteiger partial charge in [-0.15, -0.1) is 5.10 Å². The van der Waals surface area contributed by atoms with Gasteiger partial charge in [-0.25, -0.2) is 0 Å². The lowest BCUT2D eigenvalue weighted by Gasteiger charge is -2.31. The van der Waals surface area contributed by atoms with Gasteiger partial charge in [-0.2, -0.15) is 0 Å². The third-order valence-corrected chi connectivity index (χ3v) is 3.63. The Morgan fingerprint density at radius 1 is 1.29 bits per heavy atom. The van der Waals surface area contributed by atoms with Gasteiger partial charge in [-0.1, -0.05) is 25.3 Å². The number of aromatic nitrogens is 2. The van der Waals surface area contributed by atoms with E-state index < -0.39 is 0 Å². The van der Waals surface area contributed by atoms with Crippen molar-refractivity contribution >= 4 is 11.5 Å². The number of rotatable bonds is 6. The van der Waals surface area contributed by atoms with E-state index >= 15 is 0 Å². The molecular weight excluding hydrogens is 194 g/mol. The predicted octanol–water partition coefficient (Wildman–Crippen LogP) is 2.60. The first-order valence-electron chi connectivity index (χ1n) is 5.27. The Hall–Kier alpha value is -0.480. The van der Waals surface area contributed by atoms with Crippen molar-refractivity contribution in [3.8, 4) is 0 Å². The van der Waals surface area contributed by atoms with Gasteiger partial charge in [0, 0.05) is 17.5 Å². The van der Waals surface area contributed by atoms with E-state index in [-0.39, 0.29) is 5.54 Å². The van der Waals surface area contributed by atoms with Crippen LogP contribution < -0.4 is 5.32 Å². The summed E-state index contributed by atoms with van der Waals surface area (Å²) in [6, 6.07) is 0. The molecule has 1 rings (SSSR count). The molecule has 0 radical (unpaired) electrons. The molecule has 0 atom stereocenters. The summed E-state index contributed by atoms with van der Waals surface area (Å²) in [7, 11) is 0. The molecule has 1 aromatic rings. The van der Waals surface area contributed by atoms with Crippen LogP contribution in [0.25, 0.3) is 0 Å². The molecule has 0 saturated heterocycles. The van der Waals surface area contributed by atoms with Crippen LogP contribution in [0.2, 0.25) is 0 Å². The zero-order chi connectivity index (χ0) is 10.4. The van der Waals surface area contributed by atoms with Crippen molar-refractivity contribution in [2.45, 2.75) is 52.1 Å². The lowest BCUT2D eigenvalue weighted by atomic mass is 9.90. The Labute approximate surface area is 90.1 Å². The second-order valence-corrected chi connectivity index (χ2v) is 4.20. The van der Waals surface area contributed by atoms with Gasteiger partial charge in [0.05, 0.1) is 5.69 Å². The summed E-state index contributed by atoms with van der Waals surface area (Å²) in [6.07, 6.45) is 3.49. The molecule has 0 saturated carbocycles. The molecule has 3 nitrogen and oxygen atoms in total. The van der Waals surface area contributed by atoms with Gasteiger partial charge >= 0.3 is 0 Å². The highest BCUT2D eigenvalue weighted by Crippen LogP contribution is 2.19. The van der Waals surface area contributed by atoms with E-state index in [1.807, 2.05) is 5.38 Å². The smallest absolute Gasteiger partial charge is 0.0893 e. The molecule has 0 aliphatic heterocycles. The van der Waals surface area contributed by atoms with E-state index in [0.717, 1.165) is 31.5 Å². The maximum atomic E-state index is 4.03. The molecule has 0 aliphatic carbocycles. The minimum atomic E-state index is 0.281. The summed E-state index contributed by atoms with van der Waals surface area (Å²) >= 11 is 1.41. The lowest BCUT2D eigenvalue weighted by Crippen LogP contribution is -2.43. The van der Waals surface area contributed by atoms with Crippen molar-refractivity contribution in [3.05, 3.63) is 11.1 Å². The van der Waals surface area contributed by atoms with Crippen molar-refractivity contribution in [2.75, 3.05) is 0 Å². The molecular formula is C10H19N3S. The van der Waals surface area contributed by atoms with E-state index in [1.54, 1.807) is 0 Å². The van der Waals surface area contributed by atoms with Crippen LogP contribution in [0, 0.1) is 0 Å². The van der Waals surface area contributed by atoms with Crippen LogP contribution in [-0.2, 0) is 6.54 Å². The molecule has 1 N–H and O–H groups in total. The Morgan fingerprint density at radius 2 is 1.93 bits per heavy atom. The van der Waals surface area contributed by atoms with E-state index in [9.17, 15) is 0 Å². The fourth-order valence-electron chi connectivity index (χ4n) is 1.66. The largest absolute Gasteiger partial charge is 0.306 e. The van der Waals surface area contributed by atoms with E-state index in [2.05, 4.69) is 35.7 Å². The molecule has 0 bridgehead atoms. The van der Waals surface area contributed by atoms with Crippen LogP contribution in [0.3, 0.4) is 0 Å². The van der Waals surface area contributed by atoms with Gasteiger partial charge in [0.25, 0.3) is 0 Å². The minimum Gasteiger partial charge on any atom is -0.306 e. The molecule has 1 aromatic heterocycles. The van der Waals surface area contributed by atoms with E-state index in [0.29, 0.717) is 0 Å². The first-order chi connectivity index (χ1) is 6.76. The first kappa shape index (κ1) is 11.6. The number of hydrogen-bond donors (Lipinski definition) is 1. The fraction of sp³-hybridized carbons (Fsp3) is 0.800. The van der Waals surface area contributed by atoms with Crippen molar-refractivity contribution < 1.29 is 0 Å². The Bertz CT molecular complexity index is 234. The zero-order valence-electron chi connectivity index (χ0n) is 9.21. The van der Waals surface area contributed by atoms with Gasteiger partial charge in [0.2, 0.25) is 0 Å². The number of hydrogen-bond acceptors (Lipinski definition) is 4. The highest BCUT2D eigenvalue weighted by molar-refractivity contribution is 7.03. The molecule has 0 aliphatic rings. The zero-order valence-corrected chi connectivity index (χ0v) is 10.0. The molecule has 80 valence electrons. The normalized spacial score (nSPS) is 11.9. The van der Waals surface area contributed by atoms with Crippen molar-refractivity contribution in [1.29, 1.82) is 0 Å². The topological polar surface area (TPSA) is 37.8 Å². The summed E-state index contributed by atoms with van der Waals surface area (Å²) in [6.45, 7) is 7.55. The van der Waals surface area contributed by atoms with Crippen molar-refractivity contribution in [1.82, 2.24) is 14.9 Å². The van der Waals surface area contributed by atoms with Gasteiger partial charge in [-0.3, -0.25) is 0 Å². The molecule has 1 heterocycles. The van der Waals surface area contributed by atoms with Gasteiger partial charge in [0.1, 0.15) is 0 Å². The first-order valence-corrected chi connectivity index (χ1v) is 6.11. The van der Waals surface area contributed by atoms with Crippen molar-refractivity contribution in [3.63, 3.8) is 0 Å². The number of nitrogens with zero attached hydrogens (tertiary/aromatic N) is 2. The quantitative estimate of drug-likeness (QED) is 0.789. The van der Waals surface area contributed by atoms with Crippen LogP contribution in [-0.4, -0.2) is 15.1 Å². The molecule has 0 unspecified atom stereocenters. The second-order valence-electron chi connectivity index (χ2n) is 3.59. The maximum absolute atomic E-state index is 4.03. The average Bonchev–Trinajstić information content (AvgIpc) is 2.74. The van der Waals surface area contributed by atoms with Gasteiger partial charge in [-0.05, 0) is 30.8 Å². The molecule has 0 fully saturated rings. The molecule has 0 amide bonds. The Morgan fingerprint density at radius 3 is 2.36 bits per heavy atom. The highest BCUT2D eigenvalue weighted by Gasteiger charge is 2.22. The summed E-state index contributed by atoms with van der Waals surface area (Å²) in [5.41, 5.74) is 1.33. The number of nitrogens with one attached hydrogen (secondary N) is 1. The third-order valence-electron chi connectivity index (χ3n) is 3.08. The fourth-order valence-corrected chi connectivity index (χ4v) is 2.12. The van der Waals surface area contributed by atoms with E-state index in [1.165, 1.54) is 11.5 Å². The summed E-state index contributed by atoms with van der Waals surface area (Å²) in [4.78, 5) is 0. The predicted molar refractivity (Wildman–Crippen MR) is 60.4 cm³/mol. The second kappa shape index (κ2) is 5.41. The molecule has 4 heteroatoms. The standard InChI is InChI=1S/C10H19N3S/c1-4-10(5-2,6-3)11-7-9-8-14-13-12-9/h8,11H,4-7H2,1-3H3. The van der Waals surface area contributed by atoms with E-state index in [4.69, 9.17) is 0 Å². The molecule has 14 heavy (non-hydrogen) atoms. The monoisotopic (exact) mass is 213 g/mol. The van der Waals surface area contributed by atoms with Crippen LogP contribution in [0.4, 0.5) is 0 Å². The van der Waals surface area contributed by atoms with Crippen LogP contribution in [0.5, 0.6) is 0 Å². The van der Waals surface area contributed by atoms with Crippen LogP contribution in [0.1, 0.15) is 45.7 Å². The maximum Gasteiger partial charge on any atom is 0.0893 e. The summed E-state index contributed by atoms with van der Waals surface area (Å²) < 4.78 is 3.85. The van der Waals surface area contributed by atoms with Crippen LogP contribution >= 0.6 is 11.5 Å². The molecule has 0 spiro atoms. The van der Waals surface area contributed by atoms with Gasteiger partial charge in [0.15, 0.2) is 0 Å². The summed E-state index contributed by atoms with van der Waals surface area (Å²) in [5.74, 6) is 0. The molecule has 0 aromatic carbocycles. The Balaban J connectivity index is 2.48. The third kappa shape index (κ3) is 2.75. The SMILES string of the molecule is CCC(CC)(CC)NCc1csnn1. The summed E-state index contributed by atoms with van der Waals surface area (Å²) in [5, 5.41) is 9.62. The average molecular weight is 213 g/mol. The van der Waals surface area contributed by atoms with Gasteiger partial charge < -0.3 is 5.32 Å². The van der Waals surface area contributed by atoms with Crippen molar-refractivity contribution in [2.24, 2.45) is 0 Å².